The number of anilines is 1. The number of rotatable bonds is 4. The maximum Gasteiger partial charge on any atom is 0.418 e. The molecule has 0 spiro atoms. The van der Waals surface area contributed by atoms with E-state index in [1.165, 1.54) is 19.9 Å². The predicted molar refractivity (Wildman–Crippen MR) is 93.9 cm³/mol. The zero-order valence-corrected chi connectivity index (χ0v) is 15.4. The van der Waals surface area contributed by atoms with Crippen molar-refractivity contribution in [2.24, 2.45) is 5.41 Å². The SMILES string of the molecule is CC(C)(C(=O)Nc1ccc(Cl)cc1C(F)(F)F)C(=O)NC1CCCCC1. The van der Waals surface area contributed by atoms with Crippen LogP contribution in [0.2, 0.25) is 5.02 Å². The fourth-order valence-corrected chi connectivity index (χ4v) is 3.03. The lowest BCUT2D eigenvalue weighted by Crippen LogP contribution is -2.49. The van der Waals surface area contributed by atoms with Crippen LogP contribution >= 0.6 is 11.6 Å². The zero-order valence-electron chi connectivity index (χ0n) is 14.7. The fourth-order valence-electron chi connectivity index (χ4n) is 2.85. The molecule has 0 bridgehead atoms. The maximum atomic E-state index is 13.2. The lowest BCUT2D eigenvalue weighted by atomic mass is 9.88. The third kappa shape index (κ3) is 4.90. The molecule has 0 radical (unpaired) electrons. The molecule has 2 amide bonds. The Morgan fingerprint density at radius 2 is 1.69 bits per heavy atom. The molecule has 0 unspecified atom stereocenters. The zero-order chi connectivity index (χ0) is 19.5. The highest BCUT2D eigenvalue weighted by Crippen LogP contribution is 2.37. The largest absolute Gasteiger partial charge is 0.418 e. The van der Waals surface area contributed by atoms with Gasteiger partial charge < -0.3 is 10.6 Å². The van der Waals surface area contributed by atoms with E-state index in [1.807, 2.05) is 0 Å². The molecule has 26 heavy (non-hydrogen) atoms. The fraction of sp³-hybridized carbons (Fsp3) is 0.556. The van der Waals surface area contributed by atoms with Crippen LogP contribution in [0.4, 0.5) is 18.9 Å². The first-order chi connectivity index (χ1) is 12.0. The molecule has 1 aromatic carbocycles. The Labute approximate surface area is 155 Å². The van der Waals surface area contributed by atoms with Crippen LogP contribution in [0.25, 0.3) is 0 Å². The molecule has 1 aliphatic carbocycles. The monoisotopic (exact) mass is 390 g/mol. The van der Waals surface area contributed by atoms with Crippen molar-refractivity contribution in [3.05, 3.63) is 28.8 Å². The number of nitrogens with one attached hydrogen (secondary N) is 2. The van der Waals surface area contributed by atoms with Crippen molar-refractivity contribution in [2.75, 3.05) is 5.32 Å². The summed E-state index contributed by atoms with van der Waals surface area (Å²) < 4.78 is 39.5. The highest BCUT2D eigenvalue weighted by Gasteiger charge is 2.39. The highest BCUT2D eigenvalue weighted by atomic mass is 35.5. The Kier molecular flexibility index (Phi) is 6.21. The van der Waals surface area contributed by atoms with Crippen LogP contribution in [-0.2, 0) is 15.8 Å². The summed E-state index contributed by atoms with van der Waals surface area (Å²) in [6.45, 7) is 2.79. The summed E-state index contributed by atoms with van der Waals surface area (Å²) in [5.41, 5.74) is -2.99. The summed E-state index contributed by atoms with van der Waals surface area (Å²) in [6, 6.07) is 3.08. The summed E-state index contributed by atoms with van der Waals surface area (Å²) in [6.07, 6.45) is 0.154. The predicted octanol–water partition coefficient (Wildman–Crippen LogP) is 4.77. The van der Waals surface area contributed by atoms with E-state index in [0.29, 0.717) is 0 Å². The first-order valence-electron chi connectivity index (χ1n) is 8.51. The molecule has 2 rings (SSSR count). The summed E-state index contributed by atoms with van der Waals surface area (Å²) in [7, 11) is 0. The van der Waals surface area contributed by atoms with Crippen LogP contribution in [0.5, 0.6) is 0 Å². The van der Waals surface area contributed by atoms with E-state index in [-0.39, 0.29) is 11.1 Å². The maximum absolute atomic E-state index is 13.2. The van der Waals surface area contributed by atoms with Gasteiger partial charge >= 0.3 is 6.18 Å². The van der Waals surface area contributed by atoms with Gasteiger partial charge in [-0.15, -0.1) is 0 Å². The molecule has 8 heteroatoms. The van der Waals surface area contributed by atoms with Crippen molar-refractivity contribution < 1.29 is 22.8 Å². The van der Waals surface area contributed by atoms with Crippen LogP contribution in [0, 0.1) is 5.41 Å². The van der Waals surface area contributed by atoms with E-state index in [1.54, 1.807) is 0 Å². The van der Waals surface area contributed by atoms with Gasteiger partial charge in [-0.05, 0) is 44.9 Å². The number of amides is 2. The molecule has 0 atom stereocenters. The molecule has 1 aromatic rings. The van der Waals surface area contributed by atoms with Crippen LogP contribution in [0.1, 0.15) is 51.5 Å². The number of halogens is 4. The standard InChI is InChI=1S/C18H22ClF3N2O2/c1-17(2,15(25)23-12-6-4-3-5-7-12)16(26)24-14-9-8-11(19)10-13(14)18(20,21)22/h8-10,12H,3-7H2,1-2H3,(H,23,25)(H,24,26). The Balaban J connectivity index is 2.14. The molecule has 0 heterocycles. The van der Waals surface area contributed by atoms with Crippen molar-refractivity contribution in [2.45, 2.75) is 58.2 Å². The number of carbonyl (C=O) groups excluding carboxylic acids is 2. The van der Waals surface area contributed by atoms with Crippen molar-refractivity contribution in [1.82, 2.24) is 5.32 Å². The first-order valence-corrected chi connectivity index (χ1v) is 8.89. The van der Waals surface area contributed by atoms with Gasteiger partial charge in [-0.25, -0.2) is 0 Å². The van der Waals surface area contributed by atoms with Crippen LogP contribution < -0.4 is 10.6 Å². The van der Waals surface area contributed by atoms with E-state index >= 15 is 0 Å². The molecule has 0 aromatic heterocycles. The van der Waals surface area contributed by atoms with E-state index in [4.69, 9.17) is 11.6 Å². The van der Waals surface area contributed by atoms with E-state index in [2.05, 4.69) is 10.6 Å². The van der Waals surface area contributed by atoms with Crippen molar-refractivity contribution in [3.63, 3.8) is 0 Å². The van der Waals surface area contributed by atoms with Gasteiger partial charge in [-0.1, -0.05) is 30.9 Å². The average Bonchev–Trinajstić information content (AvgIpc) is 2.56. The second kappa shape index (κ2) is 7.86. The topological polar surface area (TPSA) is 58.2 Å². The third-order valence-corrected chi connectivity index (χ3v) is 4.85. The second-order valence-electron chi connectivity index (χ2n) is 7.08. The normalized spacial score (nSPS) is 16.2. The molecule has 0 aliphatic heterocycles. The molecule has 1 aliphatic rings. The van der Waals surface area contributed by atoms with Gasteiger partial charge in [-0.3, -0.25) is 9.59 Å². The van der Waals surface area contributed by atoms with Gasteiger partial charge in [0, 0.05) is 11.1 Å². The lowest BCUT2D eigenvalue weighted by molar-refractivity contribution is -0.139. The second-order valence-corrected chi connectivity index (χ2v) is 7.51. The molecule has 1 saturated carbocycles. The molecule has 0 saturated heterocycles. The minimum Gasteiger partial charge on any atom is -0.352 e. The number of hydrogen-bond donors (Lipinski definition) is 2. The van der Waals surface area contributed by atoms with Crippen molar-refractivity contribution in [3.8, 4) is 0 Å². The Bertz CT molecular complexity index is 684. The Morgan fingerprint density at radius 1 is 1.08 bits per heavy atom. The lowest BCUT2D eigenvalue weighted by Gasteiger charge is -2.29. The molecular formula is C18H22ClF3N2O2. The molecular weight excluding hydrogens is 369 g/mol. The quantitative estimate of drug-likeness (QED) is 0.727. The minimum absolute atomic E-state index is 0.00425. The number of benzene rings is 1. The highest BCUT2D eigenvalue weighted by molar-refractivity contribution is 6.30. The summed E-state index contributed by atoms with van der Waals surface area (Å²) in [4.78, 5) is 25.0. The van der Waals surface area contributed by atoms with E-state index in [0.717, 1.165) is 44.2 Å². The Morgan fingerprint density at radius 3 is 2.27 bits per heavy atom. The molecule has 2 N–H and O–H groups in total. The van der Waals surface area contributed by atoms with E-state index < -0.39 is 34.7 Å². The average molecular weight is 391 g/mol. The van der Waals surface area contributed by atoms with Gasteiger partial charge in [0.1, 0.15) is 5.41 Å². The van der Waals surface area contributed by atoms with Gasteiger partial charge in [0.05, 0.1) is 11.3 Å². The number of carbonyl (C=O) groups is 2. The van der Waals surface area contributed by atoms with Gasteiger partial charge in [0.15, 0.2) is 0 Å². The first kappa shape index (κ1) is 20.6. The van der Waals surface area contributed by atoms with Gasteiger partial charge in [0.25, 0.3) is 0 Å². The summed E-state index contributed by atoms with van der Waals surface area (Å²) >= 11 is 5.63. The third-order valence-electron chi connectivity index (χ3n) is 4.61. The van der Waals surface area contributed by atoms with Crippen LogP contribution in [-0.4, -0.2) is 17.9 Å². The van der Waals surface area contributed by atoms with Gasteiger partial charge in [0.2, 0.25) is 11.8 Å². The number of alkyl halides is 3. The molecule has 4 nitrogen and oxygen atoms in total. The van der Waals surface area contributed by atoms with Gasteiger partial charge in [-0.2, -0.15) is 13.2 Å². The minimum atomic E-state index is -4.68. The molecule has 144 valence electrons. The summed E-state index contributed by atoms with van der Waals surface area (Å²) in [5, 5.41) is 4.97. The number of hydrogen-bond acceptors (Lipinski definition) is 2. The van der Waals surface area contributed by atoms with E-state index in [9.17, 15) is 22.8 Å². The van der Waals surface area contributed by atoms with Crippen molar-refractivity contribution in [1.29, 1.82) is 0 Å². The van der Waals surface area contributed by atoms with Crippen molar-refractivity contribution >= 4 is 29.1 Å². The van der Waals surface area contributed by atoms with Crippen LogP contribution in [0.3, 0.4) is 0 Å². The summed E-state index contributed by atoms with van der Waals surface area (Å²) in [5.74, 6) is -1.30. The van der Waals surface area contributed by atoms with Crippen LogP contribution in [0.15, 0.2) is 18.2 Å². The molecule has 1 fully saturated rings. The Hall–Kier alpha value is -1.76. The smallest absolute Gasteiger partial charge is 0.352 e.